The van der Waals surface area contributed by atoms with Gasteiger partial charge in [0.05, 0.1) is 5.02 Å². The van der Waals surface area contributed by atoms with Crippen molar-refractivity contribution in [2.45, 2.75) is 19.8 Å². The van der Waals surface area contributed by atoms with Crippen LogP contribution in [0.25, 0.3) is 0 Å². The quantitative estimate of drug-likeness (QED) is 0.836. The Bertz CT molecular complexity index is 526. The fraction of sp³-hybridized carbons (Fsp3) is 0.214. The second kappa shape index (κ2) is 6.21. The van der Waals surface area contributed by atoms with Crippen molar-refractivity contribution in [3.63, 3.8) is 0 Å². The summed E-state index contributed by atoms with van der Waals surface area (Å²) in [4.78, 5) is 4.24. The van der Waals surface area contributed by atoms with Crippen molar-refractivity contribution in [2.75, 3.05) is 5.32 Å². The van der Waals surface area contributed by atoms with Gasteiger partial charge in [-0.1, -0.05) is 37.1 Å². The molecule has 18 heavy (non-hydrogen) atoms. The molecule has 2 aromatic rings. The Morgan fingerprint density at radius 2 is 2.00 bits per heavy atom. The lowest BCUT2D eigenvalue weighted by Crippen LogP contribution is -1.94. The van der Waals surface area contributed by atoms with E-state index in [1.165, 1.54) is 5.56 Å². The van der Waals surface area contributed by atoms with E-state index in [0.29, 0.717) is 10.8 Å². The van der Waals surface area contributed by atoms with Gasteiger partial charge in [-0.15, -0.1) is 0 Å². The first kappa shape index (κ1) is 13.4. The number of hydrogen-bond donors (Lipinski definition) is 1. The number of hydrogen-bond acceptors (Lipinski definition) is 2. The predicted octanol–water partition coefficient (Wildman–Crippen LogP) is 5.19. The van der Waals surface area contributed by atoms with E-state index in [1.54, 1.807) is 6.20 Å². The van der Waals surface area contributed by atoms with Gasteiger partial charge >= 0.3 is 0 Å². The van der Waals surface area contributed by atoms with Crippen LogP contribution in [-0.2, 0) is 6.42 Å². The van der Waals surface area contributed by atoms with Gasteiger partial charge in [-0.3, -0.25) is 0 Å². The normalized spacial score (nSPS) is 10.4. The summed E-state index contributed by atoms with van der Waals surface area (Å²) in [6.07, 6.45) is 3.99. The third-order valence-electron chi connectivity index (χ3n) is 2.56. The van der Waals surface area contributed by atoms with Crippen LogP contribution in [0.2, 0.25) is 5.02 Å². The van der Waals surface area contributed by atoms with E-state index < -0.39 is 0 Å². The maximum Gasteiger partial charge on any atom is 0.149 e. The molecular formula is C14H14BrClN2. The van der Waals surface area contributed by atoms with Gasteiger partial charge in [0.15, 0.2) is 0 Å². The smallest absolute Gasteiger partial charge is 0.149 e. The highest BCUT2D eigenvalue weighted by atomic mass is 79.9. The molecule has 1 heterocycles. The molecule has 0 amide bonds. The molecule has 1 aromatic carbocycles. The molecule has 0 aliphatic heterocycles. The molecule has 2 nitrogen and oxygen atoms in total. The van der Waals surface area contributed by atoms with E-state index in [4.69, 9.17) is 11.6 Å². The number of pyridine rings is 1. The van der Waals surface area contributed by atoms with Crippen LogP contribution in [0.15, 0.2) is 41.0 Å². The summed E-state index contributed by atoms with van der Waals surface area (Å²) in [6.45, 7) is 2.18. The number of anilines is 2. The number of aromatic nitrogens is 1. The molecule has 2 rings (SSSR count). The number of benzene rings is 1. The summed E-state index contributed by atoms with van der Waals surface area (Å²) in [7, 11) is 0. The van der Waals surface area contributed by atoms with Crippen LogP contribution in [0.3, 0.4) is 0 Å². The molecule has 0 bridgehead atoms. The van der Waals surface area contributed by atoms with E-state index >= 15 is 0 Å². The topological polar surface area (TPSA) is 24.9 Å². The molecule has 0 aliphatic carbocycles. The van der Waals surface area contributed by atoms with E-state index in [0.717, 1.165) is 23.0 Å². The zero-order valence-corrected chi connectivity index (χ0v) is 12.4. The molecule has 0 saturated heterocycles. The van der Waals surface area contributed by atoms with Gasteiger partial charge < -0.3 is 5.32 Å². The van der Waals surface area contributed by atoms with Gasteiger partial charge in [-0.05, 0) is 46.1 Å². The number of nitrogens with one attached hydrogen (secondary N) is 1. The molecule has 0 atom stereocenters. The van der Waals surface area contributed by atoms with E-state index in [2.05, 4.69) is 45.3 Å². The SMILES string of the molecule is CCCc1ccc(Nc2ncc(Br)cc2Cl)cc1. The fourth-order valence-corrected chi connectivity index (χ4v) is 2.36. The predicted molar refractivity (Wildman–Crippen MR) is 80.7 cm³/mol. The summed E-state index contributed by atoms with van der Waals surface area (Å²) in [5.41, 5.74) is 2.34. The minimum absolute atomic E-state index is 0.599. The summed E-state index contributed by atoms with van der Waals surface area (Å²) >= 11 is 9.44. The minimum Gasteiger partial charge on any atom is -0.339 e. The van der Waals surface area contributed by atoms with Crippen LogP contribution in [0.1, 0.15) is 18.9 Å². The van der Waals surface area contributed by atoms with Gasteiger partial charge in [-0.2, -0.15) is 0 Å². The minimum atomic E-state index is 0.599. The van der Waals surface area contributed by atoms with Crippen molar-refractivity contribution in [2.24, 2.45) is 0 Å². The van der Waals surface area contributed by atoms with Gasteiger partial charge in [0.25, 0.3) is 0 Å². The Morgan fingerprint density at radius 1 is 1.28 bits per heavy atom. The Morgan fingerprint density at radius 3 is 2.61 bits per heavy atom. The molecular weight excluding hydrogens is 312 g/mol. The van der Waals surface area contributed by atoms with Crippen LogP contribution in [-0.4, -0.2) is 4.98 Å². The molecule has 0 spiro atoms. The maximum atomic E-state index is 6.11. The van der Waals surface area contributed by atoms with Crippen LogP contribution in [0.4, 0.5) is 11.5 Å². The number of nitrogens with zero attached hydrogens (tertiary/aromatic N) is 1. The number of aryl methyl sites for hydroxylation is 1. The largest absolute Gasteiger partial charge is 0.339 e. The number of halogens is 2. The fourth-order valence-electron chi connectivity index (χ4n) is 1.69. The summed E-state index contributed by atoms with van der Waals surface area (Å²) in [6, 6.07) is 10.2. The lowest BCUT2D eigenvalue weighted by Gasteiger charge is -2.08. The average molecular weight is 326 g/mol. The maximum absolute atomic E-state index is 6.11. The average Bonchev–Trinajstić information content (AvgIpc) is 2.35. The van der Waals surface area contributed by atoms with E-state index in [-0.39, 0.29) is 0 Å². The highest BCUT2D eigenvalue weighted by molar-refractivity contribution is 9.10. The van der Waals surface area contributed by atoms with Gasteiger partial charge in [0.2, 0.25) is 0 Å². The monoisotopic (exact) mass is 324 g/mol. The Hall–Kier alpha value is -1.06. The lowest BCUT2D eigenvalue weighted by atomic mass is 10.1. The highest BCUT2D eigenvalue weighted by Crippen LogP contribution is 2.26. The molecule has 4 heteroatoms. The third kappa shape index (κ3) is 3.47. The molecule has 0 aliphatic rings. The Labute approximate surface area is 121 Å². The second-order valence-corrected chi connectivity index (χ2v) is 5.38. The molecule has 94 valence electrons. The van der Waals surface area contributed by atoms with Crippen LogP contribution in [0.5, 0.6) is 0 Å². The molecule has 0 unspecified atom stereocenters. The van der Waals surface area contributed by atoms with E-state index in [1.807, 2.05) is 18.2 Å². The van der Waals surface area contributed by atoms with Gasteiger partial charge in [0, 0.05) is 16.4 Å². The van der Waals surface area contributed by atoms with Crippen molar-refractivity contribution in [1.29, 1.82) is 0 Å². The van der Waals surface area contributed by atoms with Crippen molar-refractivity contribution >= 4 is 39.0 Å². The third-order valence-corrected chi connectivity index (χ3v) is 3.28. The zero-order valence-electron chi connectivity index (χ0n) is 10.1. The second-order valence-electron chi connectivity index (χ2n) is 4.06. The number of rotatable bonds is 4. The van der Waals surface area contributed by atoms with Crippen molar-refractivity contribution < 1.29 is 0 Å². The Balaban J connectivity index is 2.13. The summed E-state index contributed by atoms with van der Waals surface area (Å²) in [5, 5.41) is 3.80. The molecule has 1 aromatic heterocycles. The molecule has 0 radical (unpaired) electrons. The summed E-state index contributed by atoms with van der Waals surface area (Å²) in [5.74, 6) is 0.670. The lowest BCUT2D eigenvalue weighted by molar-refractivity contribution is 0.922. The van der Waals surface area contributed by atoms with Gasteiger partial charge in [-0.25, -0.2) is 4.98 Å². The molecule has 0 fully saturated rings. The van der Waals surface area contributed by atoms with Crippen molar-refractivity contribution in [3.8, 4) is 0 Å². The van der Waals surface area contributed by atoms with Crippen molar-refractivity contribution in [1.82, 2.24) is 4.98 Å². The van der Waals surface area contributed by atoms with E-state index in [9.17, 15) is 0 Å². The van der Waals surface area contributed by atoms with Crippen molar-refractivity contribution in [3.05, 3.63) is 51.6 Å². The molecule has 0 saturated carbocycles. The standard InChI is InChI=1S/C14H14BrClN2/c1-2-3-10-4-6-12(7-5-10)18-14-13(16)8-11(15)9-17-14/h4-9H,2-3H2,1H3,(H,17,18). The molecule has 1 N–H and O–H groups in total. The zero-order chi connectivity index (χ0) is 13.0. The summed E-state index contributed by atoms with van der Waals surface area (Å²) < 4.78 is 0.872. The highest BCUT2D eigenvalue weighted by Gasteiger charge is 2.03. The Kier molecular flexibility index (Phi) is 4.61. The van der Waals surface area contributed by atoms with Crippen LogP contribution < -0.4 is 5.32 Å². The van der Waals surface area contributed by atoms with Crippen LogP contribution in [0, 0.1) is 0 Å². The first-order valence-electron chi connectivity index (χ1n) is 5.86. The van der Waals surface area contributed by atoms with Crippen LogP contribution >= 0.6 is 27.5 Å². The van der Waals surface area contributed by atoms with Gasteiger partial charge in [0.1, 0.15) is 5.82 Å². The first-order valence-corrected chi connectivity index (χ1v) is 7.03. The first-order chi connectivity index (χ1) is 8.69.